The van der Waals surface area contributed by atoms with Gasteiger partial charge in [-0.15, -0.1) is 5.10 Å². The number of aromatic nitrogens is 3. The van der Waals surface area contributed by atoms with Gasteiger partial charge in [0.25, 0.3) is 0 Å². The van der Waals surface area contributed by atoms with Crippen molar-refractivity contribution in [2.24, 2.45) is 0 Å². The van der Waals surface area contributed by atoms with Crippen LogP contribution >= 0.6 is 15.9 Å². The summed E-state index contributed by atoms with van der Waals surface area (Å²) in [6, 6.07) is 7.47. The maximum absolute atomic E-state index is 11.0. The molecule has 0 saturated carbocycles. The normalized spacial score (nSPS) is 10.5. The summed E-state index contributed by atoms with van der Waals surface area (Å²) in [5.41, 5.74) is 1.37. The van der Waals surface area contributed by atoms with Crippen LogP contribution in [0.3, 0.4) is 0 Å². The number of carboxylic acid groups (broad SMARTS) is 1. The van der Waals surface area contributed by atoms with E-state index in [1.807, 2.05) is 31.2 Å². The van der Waals surface area contributed by atoms with Gasteiger partial charge >= 0.3 is 5.97 Å². The average Bonchev–Trinajstić information content (AvgIpc) is 2.73. The summed E-state index contributed by atoms with van der Waals surface area (Å²) in [5.74, 6) is -1.06. The smallest absolute Gasteiger partial charge is 0.358 e. The van der Waals surface area contributed by atoms with Gasteiger partial charge in [-0.25, -0.2) is 9.48 Å². The van der Waals surface area contributed by atoms with Crippen molar-refractivity contribution < 1.29 is 9.90 Å². The summed E-state index contributed by atoms with van der Waals surface area (Å²) in [6.45, 7) is 1.87. The number of halogens is 1. The van der Waals surface area contributed by atoms with E-state index in [1.165, 1.54) is 0 Å². The van der Waals surface area contributed by atoms with Crippen molar-refractivity contribution in [1.29, 1.82) is 0 Å². The summed E-state index contributed by atoms with van der Waals surface area (Å²) in [6.07, 6.45) is 0.552. The number of rotatable bonds is 3. The van der Waals surface area contributed by atoms with Crippen LogP contribution in [0, 0.1) is 0 Å². The molecule has 5 nitrogen and oxygen atoms in total. The Morgan fingerprint density at radius 3 is 2.76 bits per heavy atom. The summed E-state index contributed by atoms with van der Waals surface area (Å²) in [4.78, 5) is 11.0. The fourth-order valence-electron chi connectivity index (χ4n) is 1.60. The minimum atomic E-state index is -1.06. The molecule has 0 fully saturated rings. The van der Waals surface area contributed by atoms with Gasteiger partial charge in [0, 0.05) is 4.47 Å². The van der Waals surface area contributed by atoms with Crippen LogP contribution in [0.2, 0.25) is 0 Å². The molecule has 0 aliphatic rings. The third-order valence-electron chi connectivity index (χ3n) is 2.38. The highest BCUT2D eigenvalue weighted by Crippen LogP contribution is 2.22. The van der Waals surface area contributed by atoms with Crippen molar-refractivity contribution in [2.45, 2.75) is 13.3 Å². The fraction of sp³-hybridized carbons (Fsp3) is 0.182. The first-order valence-corrected chi connectivity index (χ1v) is 5.87. The molecule has 2 rings (SSSR count). The second-order valence-electron chi connectivity index (χ2n) is 3.41. The van der Waals surface area contributed by atoms with Crippen molar-refractivity contribution in [3.05, 3.63) is 40.1 Å². The topological polar surface area (TPSA) is 68.0 Å². The van der Waals surface area contributed by atoms with Crippen molar-refractivity contribution in [1.82, 2.24) is 15.0 Å². The van der Waals surface area contributed by atoms with Crippen molar-refractivity contribution in [3.63, 3.8) is 0 Å². The lowest BCUT2D eigenvalue weighted by atomic mass is 10.2. The molecular formula is C11H10BrN3O2. The summed E-state index contributed by atoms with van der Waals surface area (Å²) >= 11 is 3.41. The van der Waals surface area contributed by atoms with Crippen LogP contribution in [0.5, 0.6) is 0 Å². The molecule has 6 heteroatoms. The van der Waals surface area contributed by atoms with Gasteiger partial charge in [0.05, 0.1) is 11.4 Å². The predicted octanol–water partition coefficient (Wildman–Crippen LogP) is 2.29. The Morgan fingerprint density at radius 2 is 2.18 bits per heavy atom. The van der Waals surface area contributed by atoms with Gasteiger partial charge in [-0.05, 0) is 34.5 Å². The summed E-state index contributed by atoms with van der Waals surface area (Å²) < 4.78 is 2.39. The SMILES string of the molecule is CCc1c(C(=O)O)nnn1-c1ccccc1Br. The van der Waals surface area contributed by atoms with Gasteiger partial charge in [-0.1, -0.05) is 24.3 Å². The Morgan fingerprint density at radius 1 is 1.47 bits per heavy atom. The lowest BCUT2D eigenvalue weighted by Crippen LogP contribution is -2.06. The fourth-order valence-corrected chi connectivity index (χ4v) is 2.05. The highest BCUT2D eigenvalue weighted by atomic mass is 79.9. The van der Waals surface area contributed by atoms with Crippen LogP contribution in [-0.2, 0) is 6.42 Å². The molecule has 1 N–H and O–H groups in total. The molecule has 1 aromatic heterocycles. The highest BCUT2D eigenvalue weighted by Gasteiger charge is 2.19. The molecule has 0 saturated heterocycles. The van der Waals surface area contributed by atoms with Crippen LogP contribution in [0.1, 0.15) is 23.1 Å². The maximum Gasteiger partial charge on any atom is 0.358 e. The Bertz CT molecular complexity index is 566. The molecule has 2 aromatic rings. The van der Waals surface area contributed by atoms with Gasteiger partial charge < -0.3 is 5.11 Å². The molecule has 0 bridgehead atoms. The molecule has 17 heavy (non-hydrogen) atoms. The van der Waals surface area contributed by atoms with Gasteiger partial charge in [-0.3, -0.25) is 0 Å². The molecule has 0 radical (unpaired) electrons. The lowest BCUT2D eigenvalue weighted by Gasteiger charge is -2.06. The van der Waals surface area contributed by atoms with E-state index in [0.29, 0.717) is 12.1 Å². The Labute approximate surface area is 106 Å². The van der Waals surface area contributed by atoms with E-state index in [1.54, 1.807) is 4.68 Å². The molecule has 0 aliphatic carbocycles. The molecular weight excluding hydrogens is 286 g/mol. The summed E-state index contributed by atoms with van der Waals surface area (Å²) in [7, 11) is 0. The first-order valence-electron chi connectivity index (χ1n) is 5.08. The van der Waals surface area contributed by atoms with E-state index in [9.17, 15) is 4.79 Å². The first-order chi connectivity index (χ1) is 8.15. The number of carbonyl (C=O) groups is 1. The van der Waals surface area contributed by atoms with Gasteiger partial charge in [0.1, 0.15) is 0 Å². The number of aromatic carboxylic acids is 1. The largest absolute Gasteiger partial charge is 0.476 e. The van der Waals surface area contributed by atoms with E-state index in [-0.39, 0.29) is 5.69 Å². The monoisotopic (exact) mass is 295 g/mol. The molecule has 88 valence electrons. The minimum Gasteiger partial charge on any atom is -0.476 e. The molecule has 0 spiro atoms. The highest BCUT2D eigenvalue weighted by molar-refractivity contribution is 9.10. The number of nitrogens with zero attached hydrogens (tertiary/aromatic N) is 3. The molecule has 1 heterocycles. The minimum absolute atomic E-state index is 0.00301. The third-order valence-corrected chi connectivity index (χ3v) is 3.05. The van der Waals surface area contributed by atoms with E-state index in [4.69, 9.17) is 5.11 Å². The standard InChI is InChI=1S/C11H10BrN3O2/c1-2-8-10(11(16)17)13-14-15(8)9-6-4-3-5-7(9)12/h3-6H,2H2,1H3,(H,16,17). The Hall–Kier alpha value is -1.69. The van der Waals surface area contributed by atoms with Crippen molar-refractivity contribution in [2.75, 3.05) is 0 Å². The zero-order chi connectivity index (χ0) is 12.4. The molecule has 1 aromatic carbocycles. The van der Waals surface area contributed by atoms with E-state index in [2.05, 4.69) is 26.2 Å². The maximum atomic E-state index is 11.0. The van der Waals surface area contributed by atoms with E-state index in [0.717, 1.165) is 10.2 Å². The molecule has 0 aliphatic heterocycles. The predicted molar refractivity (Wildman–Crippen MR) is 65.4 cm³/mol. The van der Waals surface area contributed by atoms with E-state index >= 15 is 0 Å². The Balaban J connectivity index is 2.61. The quantitative estimate of drug-likeness (QED) is 0.943. The molecule has 0 atom stereocenters. The van der Waals surface area contributed by atoms with Gasteiger partial charge in [-0.2, -0.15) is 0 Å². The van der Waals surface area contributed by atoms with Gasteiger partial charge in [0.2, 0.25) is 0 Å². The number of hydrogen-bond acceptors (Lipinski definition) is 3. The average molecular weight is 296 g/mol. The number of hydrogen-bond donors (Lipinski definition) is 1. The first kappa shape index (κ1) is 11.8. The van der Waals surface area contributed by atoms with Crippen LogP contribution in [0.4, 0.5) is 0 Å². The van der Waals surface area contributed by atoms with Crippen LogP contribution in [0.25, 0.3) is 5.69 Å². The second-order valence-corrected chi connectivity index (χ2v) is 4.26. The third kappa shape index (κ3) is 2.08. The zero-order valence-electron chi connectivity index (χ0n) is 9.09. The van der Waals surface area contributed by atoms with Crippen molar-refractivity contribution >= 4 is 21.9 Å². The van der Waals surface area contributed by atoms with Gasteiger partial charge in [0.15, 0.2) is 5.69 Å². The zero-order valence-corrected chi connectivity index (χ0v) is 10.7. The number of para-hydroxylation sites is 1. The van der Waals surface area contributed by atoms with E-state index < -0.39 is 5.97 Å². The van der Waals surface area contributed by atoms with Crippen LogP contribution < -0.4 is 0 Å². The van der Waals surface area contributed by atoms with Crippen molar-refractivity contribution in [3.8, 4) is 5.69 Å². The summed E-state index contributed by atoms with van der Waals surface area (Å²) in [5, 5.41) is 16.6. The molecule has 0 amide bonds. The Kier molecular flexibility index (Phi) is 3.23. The van der Waals surface area contributed by atoms with Crippen LogP contribution in [0.15, 0.2) is 28.7 Å². The number of benzene rings is 1. The lowest BCUT2D eigenvalue weighted by molar-refractivity contribution is 0.0689. The van der Waals surface area contributed by atoms with Crippen LogP contribution in [-0.4, -0.2) is 26.1 Å². The second kappa shape index (κ2) is 4.67. The number of carboxylic acids is 1. The molecule has 0 unspecified atom stereocenters.